The van der Waals surface area contributed by atoms with E-state index in [-0.39, 0.29) is 27.1 Å². The molecule has 0 radical (unpaired) electrons. The van der Waals surface area contributed by atoms with Crippen LogP contribution in [0, 0.1) is 13.8 Å². The standard InChI is InChI=1S/C72H50O11S2/c1-45-11-14-49(15-12-45)69(73)51-25-33-57(34-26-51)80-59-37-29-55(30-38-59)72(66-9-5-3-7-63(66)64-8-4-6-10-67(64)72)56-31-39-60(40-32-56)81-58-35-27-52(28-36-58)70(74)50-21-17-47(18-22-50)54-16-13-46(2)65(43-54)71(75)53-23-19-48(20-24-53)62-42-41-61(85(77,78)79)44-68(62)84-83-82-76/h3-44,76H,1-2H3,(H,77,78,79). The molecule has 0 saturated heterocycles. The Bertz CT molecular complexity index is 4400. The van der Waals surface area contributed by atoms with E-state index < -0.39 is 15.5 Å². The van der Waals surface area contributed by atoms with Gasteiger partial charge < -0.3 is 9.47 Å². The molecule has 0 heterocycles. The Morgan fingerprint density at radius 1 is 0.424 bits per heavy atom. The number of carbonyl (C=O) groups excluding carboxylic acids is 3. The van der Waals surface area contributed by atoms with Crippen molar-refractivity contribution in [2.45, 2.75) is 29.1 Å². The van der Waals surface area contributed by atoms with E-state index in [4.69, 9.17) is 14.7 Å². The largest absolute Gasteiger partial charge is 0.457 e. The van der Waals surface area contributed by atoms with Crippen molar-refractivity contribution in [3.63, 3.8) is 0 Å². The number of aryl methyl sites for hydroxylation is 2. The lowest BCUT2D eigenvalue weighted by Gasteiger charge is -2.34. The molecule has 0 saturated carbocycles. The van der Waals surface area contributed by atoms with Crippen molar-refractivity contribution in [3.05, 3.63) is 322 Å². The zero-order chi connectivity index (χ0) is 58.8. The van der Waals surface area contributed by atoms with Crippen LogP contribution in [-0.2, 0) is 24.9 Å². The van der Waals surface area contributed by atoms with Crippen LogP contribution in [-0.4, -0.2) is 35.6 Å². The van der Waals surface area contributed by atoms with E-state index >= 15 is 0 Å². The molecule has 0 aromatic heterocycles. The number of ether oxygens (including phenoxy) is 2. The minimum atomic E-state index is -4.52. The van der Waals surface area contributed by atoms with Gasteiger partial charge in [0.25, 0.3) is 10.1 Å². The summed E-state index contributed by atoms with van der Waals surface area (Å²) in [4.78, 5) is 40.8. The molecule has 11 aromatic carbocycles. The first-order chi connectivity index (χ1) is 41.2. The highest BCUT2D eigenvalue weighted by atomic mass is 32.2. The van der Waals surface area contributed by atoms with Gasteiger partial charge in [-0.2, -0.15) is 8.42 Å². The summed E-state index contributed by atoms with van der Waals surface area (Å²) in [5.74, 6) is 2.05. The Labute approximate surface area is 495 Å². The topological polar surface area (TPSA) is 163 Å². The second-order valence-electron chi connectivity index (χ2n) is 20.5. The lowest BCUT2D eigenvalue weighted by atomic mass is 9.68. The van der Waals surface area contributed by atoms with Crippen molar-refractivity contribution in [3.8, 4) is 56.4 Å². The van der Waals surface area contributed by atoms with Gasteiger partial charge in [-0.05, 0) is 166 Å². The molecule has 0 spiro atoms. The summed E-state index contributed by atoms with van der Waals surface area (Å²) in [6.45, 7) is 3.85. The van der Waals surface area contributed by atoms with Crippen LogP contribution >= 0.6 is 12.0 Å². The Morgan fingerprint density at radius 3 is 1.31 bits per heavy atom. The quantitative estimate of drug-likeness (QED) is 0.0275. The number of fused-ring (bicyclic) bond motifs is 3. The van der Waals surface area contributed by atoms with Gasteiger partial charge in [0.2, 0.25) is 0 Å². The van der Waals surface area contributed by atoms with Crippen LogP contribution in [0.3, 0.4) is 0 Å². The van der Waals surface area contributed by atoms with Crippen LogP contribution in [0.5, 0.6) is 23.0 Å². The molecule has 416 valence electrons. The molecule has 0 bridgehead atoms. The first-order valence-electron chi connectivity index (χ1n) is 27.0. The maximum absolute atomic E-state index is 14.0. The zero-order valence-electron chi connectivity index (χ0n) is 45.6. The number of hydrogen-bond acceptors (Lipinski definition) is 11. The van der Waals surface area contributed by atoms with Gasteiger partial charge in [-0.3, -0.25) is 18.9 Å². The van der Waals surface area contributed by atoms with Crippen LogP contribution in [0.25, 0.3) is 33.4 Å². The molecule has 11 aromatic rings. The summed E-state index contributed by atoms with van der Waals surface area (Å²) in [7, 11) is -4.52. The summed E-state index contributed by atoms with van der Waals surface area (Å²) in [5, 5.41) is 12.4. The molecular weight excluding hydrogens is 1100 g/mol. The maximum atomic E-state index is 14.0. The number of carbonyl (C=O) groups is 3. The Balaban J connectivity index is 0.728. The van der Waals surface area contributed by atoms with Gasteiger partial charge in [-0.25, -0.2) is 5.26 Å². The van der Waals surface area contributed by atoms with E-state index in [0.717, 1.165) is 55.6 Å². The predicted octanol–water partition coefficient (Wildman–Crippen LogP) is 17.0. The molecule has 85 heavy (non-hydrogen) atoms. The Kier molecular flexibility index (Phi) is 15.4. The van der Waals surface area contributed by atoms with Crippen LogP contribution in [0.4, 0.5) is 0 Å². The van der Waals surface area contributed by atoms with Crippen molar-refractivity contribution in [1.82, 2.24) is 0 Å². The molecule has 12 rings (SSSR count). The van der Waals surface area contributed by atoms with Crippen LogP contribution < -0.4 is 9.47 Å². The molecule has 0 aliphatic heterocycles. The first kappa shape index (κ1) is 55.7. The molecule has 0 amide bonds. The van der Waals surface area contributed by atoms with Gasteiger partial charge in [-0.1, -0.05) is 174 Å². The third-order valence-corrected chi connectivity index (χ3v) is 16.9. The smallest absolute Gasteiger partial charge is 0.294 e. The predicted molar refractivity (Wildman–Crippen MR) is 327 cm³/mol. The average Bonchev–Trinajstić information content (AvgIpc) is 1.72. The summed E-state index contributed by atoms with van der Waals surface area (Å²) in [5.41, 5.74) is 13.7. The molecule has 13 heteroatoms. The molecule has 1 aliphatic rings. The van der Waals surface area contributed by atoms with Crippen molar-refractivity contribution in [2.24, 2.45) is 0 Å². The molecule has 1 aliphatic carbocycles. The van der Waals surface area contributed by atoms with Gasteiger partial charge in [0.05, 0.1) is 22.4 Å². The second kappa shape index (κ2) is 23.4. The summed E-state index contributed by atoms with van der Waals surface area (Å²) >= 11 is 0.539. The number of ketones is 3. The SMILES string of the molecule is Cc1ccc(C(=O)c2ccc(Oc3ccc(C4(c5ccc(Oc6ccc(C(=O)c7ccc(-c8ccc(C)c(C(=O)c9ccc(-c%10ccc(S(=O)(=O)O)cc%10SOOO)cc9)c8)cc7)cc6)cc5)c5ccccc5-c5ccccc54)cc3)cc2)cc1. The van der Waals surface area contributed by atoms with E-state index in [0.29, 0.717) is 79.5 Å². The third-order valence-electron chi connectivity index (χ3n) is 15.4. The summed E-state index contributed by atoms with van der Waals surface area (Å²) < 4.78 is 50.4. The maximum Gasteiger partial charge on any atom is 0.294 e. The lowest BCUT2D eigenvalue weighted by Crippen LogP contribution is -2.28. The van der Waals surface area contributed by atoms with E-state index in [1.54, 1.807) is 72.8 Å². The fourth-order valence-corrected chi connectivity index (χ4v) is 12.2. The van der Waals surface area contributed by atoms with Gasteiger partial charge in [-0.15, -0.1) is 4.33 Å². The summed E-state index contributed by atoms with van der Waals surface area (Å²) in [6, 6.07) is 78.7. The van der Waals surface area contributed by atoms with Crippen molar-refractivity contribution >= 4 is 39.5 Å². The van der Waals surface area contributed by atoms with Gasteiger partial charge in [0, 0.05) is 38.3 Å². The fraction of sp³-hybridized carbons (Fsp3) is 0.0417. The molecule has 2 N–H and O–H groups in total. The van der Waals surface area contributed by atoms with Gasteiger partial charge >= 0.3 is 0 Å². The van der Waals surface area contributed by atoms with Crippen LogP contribution in [0.15, 0.2) is 265 Å². The first-order valence-corrected chi connectivity index (χ1v) is 29.2. The number of hydrogen-bond donors (Lipinski definition) is 2. The molecule has 11 nitrogen and oxygen atoms in total. The van der Waals surface area contributed by atoms with Crippen LogP contribution in [0.2, 0.25) is 0 Å². The minimum Gasteiger partial charge on any atom is -0.457 e. The number of rotatable bonds is 18. The van der Waals surface area contributed by atoms with E-state index in [1.807, 2.05) is 105 Å². The van der Waals surface area contributed by atoms with E-state index in [9.17, 15) is 27.4 Å². The molecule has 0 unspecified atom stereocenters. The zero-order valence-corrected chi connectivity index (χ0v) is 47.3. The molecule has 0 fully saturated rings. The molecule has 0 atom stereocenters. The second-order valence-corrected chi connectivity index (χ2v) is 22.7. The minimum absolute atomic E-state index is 0.0438. The normalized spacial score (nSPS) is 12.2. The van der Waals surface area contributed by atoms with Crippen molar-refractivity contribution in [1.29, 1.82) is 0 Å². The fourth-order valence-electron chi connectivity index (χ4n) is 11.1. The Morgan fingerprint density at radius 2 is 0.835 bits per heavy atom. The molecular formula is C72H50O11S2. The van der Waals surface area contributed by atoms with E-state index in [2.05, 4.69) is 82.2 Å². The third kappa shape index (κ3) is 11.1. The highest BCUT2D eigenvalue weighted by molar-refractivity contribution is 7.94. The Hall–Kier alpha value is -9.83. The highest BCUT2D eigenvalue weighted by Gasteiger charge is 2.46. The average molecular weight is 1160 g/mol. The van der Waals surface area contributed by atoms with Crippen molar-refractivity contribution < 1.29 is 51.5 Å². The van der Waals surface area contributed by atoms with E-state index in [1.165, 1.54) is 18.2 Å². The van der Waals surface area contributed by atoms with Gasteiger partial charge in [0.1, 0.15) is 23.0 Å². The number of benzene rings is 11. The summed E-state index contributed by atoms with van der Waals surface area (Å²) in [6.07, 6.45) is 0. The van der Waals surface area contributed by atoms with Gasteiger partial charge in [0.15, 0.2) is 17.3 Å². The van der Waals surface area contributed by atoms with Crippen LogP contribution in [0.1, 0.15) is 81.1 Å². The highest BCUT2D eigenvalue weighted by Crippen LogP contribution is 2.56. The monoisotopic (exact) mass is 1150 g/mol. The lowest BCUT2D eigenvalue weighted by molar-refractivity contribution is -0.432. The van der Waals surface area contributed by atoms with Crippen molar-refractivity contribution in [2.75, 3.05) is 0 Å².